The van der Waals surface area contributed by atoms with E-state index < -0.39 is 18.6 Å². The molecular weight excluding hydrogens is 365 g/mol. The van der Waals surface area contributed by atoms with Gasteiger partial charge in [0.1, 0.15) is 6.54 Å². The predicted octanol–water partition coefficient (Wildman–Crippen LogP) is 2.82. The number of hydrogen-bond acceptors (Lipinski definition) is 4. The number of fused-ring (bicyclic) bond motifs is 4. The molecule has 2 aliphatic heterocycles. The van der Waals surface area contributed by atoms with Gasteiger partial charge in [0.15, 0.2) is 5.92 Å². The number of nitrogens with zero attached hydrogens (tertiary/aromatic N) is 1. The molecular formula is C23H30BNO4. The van der Waals surface area contributed by atoms with Crippen LogP contribution in [0.3, 0.4) is 0 Å². The van der Waals surface area contributed by atoms with Gasteiger partial charge < -0.3 is 14.1 Å². The van der Waals surface area contributed by atoms with E-state index in [0.29, 0.717) is 30.3 Å². The smallest absolute Gasteiger partial charge is 0.548 e. The Balaban J connectivity index is 1.48. The first-order valence-electron chi connectivity index (χ1n) is 11.0. The molecule has 0 radical (unpaired) electrons. The van der Waals surface area contributed by atoms with Gasteiger partial charge in [-0.1, -0.05) is 50.3 Å². The Kier molecular flexibility index (Phi) is 4.14. The second kappa shape index (κ2) is 6.29. The molecule has 2 saturated heterocycles. The Hall–Kier alpha value is -1.92. The maximum atomic E-state index is 12.7. The number of hydrogen-bond donors (Lipinski definition) is 1. The Bertz CT molecular complexity index is 882. The molecule has 5 aliphatic rings. The van der Waals surface area contributed by atoms with Crippen molar-refractivity contribution in [2.24, 2.45) is 29.1 Å². The molecule has 5 nitrogen and oxygen atoms in total. The lowest BCUT2D eigenvalue weighted by molar-refractivity contribution is -0.840. The fraction of sp³-hybridized carbons (Fsp3) is 0.565. The summed E-state index contributed by atoms with van der Waals surface area (Å²) in [6, 6.07) is 9.69. The maximum absolute atomic E-state index is 12.7. The van der Waals surface area contributed by atoms with Crippen molar-refractivity contribution in [2.75, 3.05) is 19.6 Å². The minimum Gasteiger partial charge on any atom is -0.611 e. The molecule has 0 amide bonds. The van der Waals surface area contributed by atoms with Crippen molar-refractivity contribution in [2.45, 2.75) is 33.1 Å². The Morgan fingerprint density at radius 2 is 2.00 bits per heavy atom. The molecule has 1 aromatic carbocycles. The van der Waals surface area contributed by atoms with Gasteiger partial charge in [0.25, 0.3) is 5.97 Å². The third-order valence-electron chi connectivity index (χ3n) is 8.70. The topological polar surface area (TPSA) is 63.6 Å². The van der Waals surface area contributed by atoms with Crippen molar-refractivity contribution in [3.05, 3.63) is 41.9 Å². The first kappa shape index (κ1) is 19.1. The van der Waals surface area contributed by atoms with Gasteiger partial charge in [-0.2, -0.15) is 0 Å². The number of quaternary nitrogens is 1. The molecule has 29 heavy (non-hydrogen) atoms. The fourth-order valence-electron chi connectivity index (χ4n) is 6.76. The van der Waals surface area contributed by atoms with Crippen molar-refractivity contribution in [3.63, 3.8) is 0 Å². The fourth-order valence-corrected chi connectivity index (χ4v) is 6.76. The second-order valence-electron chi connectivity index (χ2n) is 10.4. The molecule has 6 heteroatoms. The number of benzene rings is 1. The standard InChI is InChI=1S/C23H30BNO4/c1-23(2)18-9-8-17(20(23)12-18)13-25-14-19(21(26)15-25)22(27)29-24(25,28)11-10-16-6-4-3-5-7-16/h3-7,10-11,17-20,28H,8-9,12-15H2,1-2H3/t17?,18-,19?,20?,24?,25?/m1/s1. The summed E-state index contributed by atoms with van der Waals surface area (Å²) in [5.74, 6) is 2.18. The average molecular weight is 395 g/mol. The van der Waals surface area contributed by atoms with E-state index in [1.807, 2.05) is 36.4 Å². The van der Waals surface area contributed by atoms with Crippen molar-refractivity contribution in [1.82, 2.24) is 0 Å². The summed E-state index contributed by atoms with van der Waals surface area (Å²) in [6.45, 7) is 3.39. The van der Waals surface area contributed by atoms with E-state index in [2.05, 4.69) is 13.8 Å². The van der Waals surface area contributed by atoms with Crippen molar-refractivity contribution in [3.8, 4) is 0 Å². The number of rotatable bonds is 4. The summed E-state index contributed by atoms with van der Waals surface area (Å²) in [5, 5.41) is 11.7. The number of carbonyl (C=O) groups is 2. The Labute approximate surface area is 172 Å². The van der Waals surface area contributed by atoms with Crippen LogP contribution in [0.1, 0.15) is 38.7 Å². The van der Waals surface area contributed by atoms with Crippen molar-refractivity contribution < 1.29 is 23.7 Å². The third kappa shape index (κ3) is 2.76. The van der Waals surface area contributed by atoms with Gasteiger partial charge in [-0.05, 0) is 42.1 Å². The van der Waals surface area contributed by atoms with E-state index in [1.54, 1.807) is 5.98 Å². The highest BCUT2D eigenvalue weighted by atomic mass is 16.6. The molecule has 5 fully saturated rings. The van der Waals surface area contributed by atoms with Gasteiger partial charge in [0.05, 0.1) is 6.54 Å². The van der Waals surface area contributed by atoms with Gasteiger partial charge in [0, 0.05) is 12.5 Å². The largest absolute Gasteiger partial charge is 0.611 e. The van der Waals surface area contributed by atoms with Gasteiger partial charge in [-0.15, -0.1) is 5.98 Å². The maximum Gasteiger partial charge on any atom is 0.548 e. The van der Waals surface area contributed by atoms with Crippen LogP contribution < -0.4 is 0 Å². The molecule has 5 unspecified atom stereocenters. The van der Waals surface area contributed by atoms with Gasteiger partial charge in [-0.3, -0.25) is 9.59 Å². The molecule has 4 bridgehead atoms. The Morgan fingerprint density at radius 3 is 2.69 bits per heavy atom. The van der Waals surface area contributed by atoms with E-state index in [-0.39, 0.29) is 16.7 Å². The quantitative estimate of drug-likeness (QED) is 0.629. The highest BCUT2D eigenvalue weighted by Gasteiger charge is 2.64. The summed E-state index contributed by atoms with van der Waals surface area (Å²) >= 11 is 0. The molecule has 0 aromatic heterocycles. The normalized spacial score (nSPS) is 42.6. The van der Waals surface area contributed by atoms with Crippen LogP contribution in [-0.2, 0) is 14.2 Å². The van der Waals surface area contributed by atoms with Gasteiger partial charge >= 0.3 is 6.69 Å². The molecule has 2 heterocycles. The lowest BCUT2D eigenvalue weighted by Gasteiger charge is -2.63. The van der Waals surface area contributed by atoms with Crippen LogP contribution >= 0.6 is 0 Å². The van der Waals surface area contributed by atoms with E-state index in [4.69, 9.17) is 4.65 Å². The average Bonchev–Trinajstić information content (AvgIpc) is 3.01. The molecule has 3 saturated carbocycles. The van der Waals surface area contributed by atoms with Crippen LogP contribution in [0.5, 0.6) is 0 Å². The van der Waals surface area contributed by atoms with E-state index in [9.17, 15) is 14.6 Å². The van der Waals surface area contributed by atoms with Crippen LogP contribution in [0, 0.1) is 29.1 Å². The second-order valence-corrected chi connectivity index (χ2v) is 10.4. The molecule has 154 valence electrons. The van der Waals surface area contributed by atoms with Crippen LogP contribution in [0.25, 0.3) is 6.08 Å². The van der Waals surface area contributed by atoms with Crippen LogP contribution in [-0.4, -0.2) is 47.5 Å². The predicted molar refractivity (Wildman–Crippen MR) is 111 cm³/mol. The molecule has 3 aliphatic carbocycles. The number of carbonyl (C=O) groups excluding carboxylic acids is 2. The van der Waals surface area contributed by atoms with Crippen LogP contribution in [0.4, 0.5) is 0 Å². The lowest BCUT2D eigenvalue weighted by atomic mass is 9.45. The molecule has 0 spiro atoms. The first-order chi connectivity index (χ1) is 13.7. The zero-order chi connectivity index (χ0) is 20.4. The van der Waals surface area contributed by atoms with Crippen LogP contribution in [0.15, 0.2) is 36.3 Å². The highest BCUT2D eigenvalue weighted by Crippen LogP contribution is 2.62. The van der Waals surface area contributed by atoms with Gasteiger partial charge in [-0.25, -0.2) is 0 Å². The minimum absolute atomic E-state index is 0.0810. The summed E-state index contributed by atoms with van der Waals surface area (Å²) in [7, 11) is 0. The van der Waals surface area contributed by atoms with Gasteiger partial charge in [0.2, 0.25) is 5.78 Å². The van der Waals surface area contributed by atoms with E-state index >= 15 is 0 Å². The SMILES string of the molecule is CC1(C)C2C[C@H]1CCC2C[N+]12CC(=O)C(C1)C(=O)O[B-]2(O)C=Cc1ccccc1. The summed E-state index contributed by atoms with van der Waals surface area (Å²) in [5.41, 5.74) is 1.27. The monoisotopic (exact) mass is 395 g/mol. The highest BCUT2D eigenvalue weighted by molar-refractivity contribution is 6.67. The van der Waals surface area contributed by atoms with Crippen molar-refractivity contribution in [1.29, 1.82) is 0 Å². The summed E-state index contributed by atoms with van der Waals surface area (Å²) in [4.78, 5) is 25.1. The number of Topliss-reactive ketones (excluding diaryl/α,β-unsaturated/α-hetero) is 1. The molecule has 6 atom stereocenters. The molecule has 1 N–H and O–H groups in total. The summed E-state index contributed by atoms with van der Waals surface area (Å²) in [6.07, 6.45) is 5.43. The zero-order valence-corrected chi connectivity index (χ0v) is 17.3. The van der Waals surface area contributed by atoms with E-state index in [1.165, 1.54) is 12.8 Å². The minimum atomic E-state index is -2.61. The zero-order valence-electron chi connectivity index (χ0n) is 17.3. The Morgan fingerprint density at radius 1 is 1.24 bits per heavy atom. The van der Waals surface area contributed by atoms with E-state index in [0.717, 1.165) is 17.9 Å². The third-order valence-corrected chi connectivity index (χ3v) is 8.70. The first-order valence-corrected chi connectivity index (χ1v) is 11.0. The molecule has 6 rings (SSSR count). The lowest BCUT2D eigenvalue weighted by Crippen LogP contribution is -2.74. The van der Waals surface area contributed by atoms with Crippen molar-refractivity contribution >= 4 is 24.5 Å². The molecule has 1 aromatic rings. The number of ketones is 1. The summed E-state index contributed by atoms with van der Waals surface area (Å²) < 4.78 is 5.84. The van der Waals surface area contributed by atoms with Crippen LogP contribution in [0.2, 0.25) is 0 Å².